The molecular weight excluding hydrogens is 358 g/mol. The number of urea groups is 1. The number of hydrogen-bond acceptors (Lipinski definition) is 4. The average molecular weight is 386 g/mol. The Morgan fingerprint density at radius 2 is 1.89 bits per heavy atom. The summed E-state index contributed by atoms with van der Waals surface area (Å²) in [7, 11) is 4.09. The molecular formula is C20H27N5OS. The summed E-state index contributed by atoms with van der Waals surface area (Å²) in [6.45, 7) is 1.77. The Morgan fingerprint density at radius 1 is 1.19 bits per heavy atom. The molecule has 7 heteroatoms. The van der Waals surface area contributed by atoms with E-state index in [4.69, 9.17) is 0 Å². The van der Waals surface area contributed by atoms with Gasteiger partial charge >= 0.3 is 6.03 Å². The summed E-state index contributed by atoms with van der Waals surface area (Å²) >= 11 is 1.26. The molecule has 0 spiro atoms. The van der Waals surface area contributed by atoms with Crippen molar-refractivity contribution < 1.29 is 4.79 Å². The van der Waals surface area contributed by atoms with Crippen molar-refractivity contribution >= 4 is 23.7 Å². The molecule has 1 heterocycles. The highest BCUT2D eigenvalue weighted by atomic mass is 32.2. The van der Waals surface area contributed by atoms with Crippen molar-refractivity contribution in [1.82, 2.24) is 19.4 Å². The molecule has 4 rings (SSSR count). The first-order valence-electron chi connectivity index (χ1n) is 9.68. The Kier molecular flexibility index (Phi) is 5.41. The summed E-state index contributed by atoms with van der Waals surface area (Å²) in [5.74, 6) is 0. The second kappa shape index (κ2) is 7.94. The molecule has 0 unspecified atom stereocenters. The smallest absolute Gasteiger partial charge is 0.308 e. The van der Waals surface area contributed by atoms with E-state index < -0.39 is 0 Å². The third kappa shape index (κ3) is 4.14. The van der Waals surface area contributed by atoms with Crippen molar-refractivity contribution in [2.24, 2.45) is 0 Å². The van der Waals surface area contributed by atoms with E-state index >= 15 is 0 Å². The molecule has 0 saturated carbocycles. The summed E-state index contributed by atoms with van der Waals surface area (Å²) in [6, 6.07) is 4.14. The van der Waals surface area contributed by atoms with E-state index in [-0.39, 0.29) is 6.03 Å². The highest BCUT2D eigenvalue weighted by Crippen LogP contribution is 2.38. The van der Waals surface area contributed by atoms with Gasteiger partial charge in [0.15, 0.2) is 0 Å². The zero-order valence-electron chi connectivity index (χ0n) is 16.0. The maximum absolute atomic E-state index is 12.5. The predicted octanol–water partition coefficient (Wildman–Crippen LogP) is 3.25. The van der Waals surface area contributed by atoms with Gasteiger partial charge in [0, 0.05) is 30.4 Å². The molecule has 0 bridgehead atoms. The predicted molar refractivity (Wildman–Crippen MR) is 109 cm³/mol. The average Bonchev–Trinajstić information content (AvgIpc) is 3.38. The van der Waals surface area contributed by atoms with Gasteiger partial charge in [0.1, 0.15) is 5.03 Å². The van der Waals surface area contributed by atoms with E-state index in [0.717, 1.165) is 49.5 Å². The van der Waals surface area contributed by atoms with Crippen LogP contribution in [0.5, 0.6) is 0 Å². The molecule has 0 radical (unpaired) electrons. The zero-order valence-corrected chi connectivity index (χ0v) is 16.9. The first kappa shape index (κ1) is 18.4. The number of nitrogens with one attached hydrogen (secondary N) is 2. The molecule has 1 aromatic heterocycles. The summed E-state index contributed by atoms with van der Waals surface area (Å²) in [5, 5.41) is 8.43. The molecule has 0 fully saturated rings. The third-order valence-electron chi connectivity index (χ3n) is 5.35. The summed E-state index contributed by atoms with van der Waals surface area (Å²) < 4.78 is 4.79. The minimum Gasteiger partial charge on any atom is -0.308 e. The van der Waals surface area contributed by atoms with E-state index in [0.29, 0.717) is 0 Å². The molecule has 144 valence electrons. The largest absolute Gasteiger partial charge is 0.329 e. The normalized spacial score (nSPS) is 15.1. The highest BCUT2D eigenvalue weighted by Gasteiger charge is 2.25. The molecule has 27 heavy (non-hydrogen) atoms. The molecule has 2 aliphatic rings. The molecule has 1 aromatic carbocycles. The van der Waals surface area contributed by atoms with Gasteiger partial charge in [0.2, 0.25) is 0 Å². The van der Waals surface area contributed by atoms with Crippen molar-refractivity contribution in [3.63, 3.8) is 0 Å². The lowest BCUT2D eigenvalue weighted by atomic mass is 9.99. The van der Waals surface area contributed by atoms with Gasteiger partial charge in [-0.3, -0.25) is 9.40 Å². The van der Waals surface area contributed by atoms with E-state index in [1.54, 1.807) is 0 Å². The number of benzene rings is 1. The van der Waals surface area contributed by atoms with Gasteiger partial charge in [-0.05, 0) is 80.9 Å². The Balaban J connectivity index is 1.38. The number of likely N-dealkylation sites (N-methyl/N-ethyl adjacent to an activating group) is 1. The summed E-state index contributed by atoms with van der Waals surface area (Å²) in [6.07, 6.45) is 8.74. The lowest BCUT2D eigenvalue weighted by molar-refractivity contribution is 0.257. The Morgan fingerprint density at radius 3 is 2.56 bits per heavy atom. The van der Waals surface area contributed by atoms with Crippen LogP contribution in [0.2, 0.25) is 0 Å². The van der Waals surface area contributed by atoms with Gasteiger partial charge in [-0.25, -0.2) is 4.79 Å². The third-order valence-corrected chi connectivity index (χ3v) is 6.07. The van der Waals surface area contributed by atoms with E-state index in [2.05, 4.69) is 26.1 Å². The summed E-state index contributed by atoms with van der Waals surface area (Å²) in [5.41, 5.74) is 6.64. The zero-order chi connectivity index (χ0) is 18.8. The maximum atomic E-state index is 12.5. The number of nitrogens with zero attached hydrogens (tertiary/aromatic N) is 3. The van der Waals surface area contributed by atoms with Crippen LogP contribution in [0.25, 0.3) is 0 Å². The van der Waals surface area contributed by atoms with E-state index in [9.17, 15) is 4.79 Å². The fraction of sp³-hybridized carbons (Fsp3) is 0.500. The van der Waals surface area contributed by atoms with E-state index in [1.165, 1.54) is 47.0 Å². The first-order chi connectivity index (χ1) is 13.1. The van der Waals surface area contributed by atoms with Gasteiger partial charge in [-0.1, -0.05) is 6.07 Å². The number of rotatable bonds is 6. The molecule has 6 nitrogen and oxygen atoms in total. The van der Waals surface area contributed by atoms with E-state index in [1.807, 2.05) is 31.0 Å². The molecule has 0 aliphatic heterocycles. The first-order valence-corrected chi connectivity index (χ1v) is 10.5. The number of aromatic nitrogens is 2. The van der Waals surface area contributed by atoms with Crippen molar-refractivity contribution in [3.05, 3.63) is 40.6 Å². The number of fused-ring (bicyclic) bond motifs is 2. The standard InChI is InChI=1S/C20H27N5OS/c1-24(2)11-12-25-10-9-18(22-25)27-23-20(26)21-19-16-7-3-5-14(16)13-15-6-4-8-17(15)19/h9-10,13H,3-8,11-12H2,1-2H3,(H2,21,23,26). The lowest BCUT2D eigenvalue weighted by Gasteiger charge is -2.16. The highest BCUT2D eigenvalue weighted by molar-refractivity contribution is 7.97. The van der Waals surface area contributed by atoms with Crippen LogP contribution in [0.3, 0.4) is 0 Å². The monoisotopic (exact) mass is 385 g/mol. The van der Waals surface area contributed by atoms with Gasteiger partial charge in [0.25, 0.3) is 0 Å². The Labute approximate surface area is 164 Å². The molecule has 2 amide bonds. The van der Waals surface area contributed by atoms with Crippen LogP contribution >= 0.6 is 11.9 Å². The van der Waals surface area contributed by atoms with Crippen LogP contribution < -0.4 is 10.0 Å². The minimum absolute atomic E-state index is 0.169. The number of carbonyl (C=O) groups excluding carboxylic acids is 1. The van der Waals surface area contributed by atoms with Crippen LogP contribution in [0, 0.1) is 0 Å². The van der Waals surface area contributed by atoms with Gasteiger partial charge in [0.05, 0.1) is 6.54 Å². The van der Waals surface area contributed by atoms with Crippen LogP contribution in [0.1, 0.15) is 35.1 Å². The van der Waals surface area contributed by atoms with Crippen molar-refractivity contribution in [2.75, 3.05) is 26.0 Å². The number of carbonyl (C=O) groups is 1. The Bertz CT molecular complexity index is 813. The van der Waals surface area contributed by atoms with Crippen LogP contribution in [-0.4, -0.2) is 41.4 Å². The quantitative estimate of drug-likeness (QED) is 0.750. The van der Waals surface area contributed by atoms with Gasteiger partial charge in [-0.2, -0.15) is 5.10 Å². The lowest BCUT2D eigenvalue weighted by Crippen LogP contribution is -2.24. The molecule has 2 N–H and O–H groups in total. The molecule has 0 saturated heterocycles. The second-order valence-corrected chi connectivity index (χ2v) is 8.44. The van der Waals surface area contributed by atoms with Crippen LogP contribution in [0.15, 0.2) is 23.4 Å². The van der Waals surface area contributed by atoms with Gasteiger partial charge < -0.3 is 10.2 Å². The number of aryl methyl sites for hydroxylation is 2. The fourth-order valence-electron chi connectivity index (χ4n) is 4.03. The molecule has 2 aliphatic carbocycles. The van der Waals surface area contributed by atoms with Gasteiger partial charge in [-0.15, -0.1) is 0 Å². The molecule has 2 aromatic rings. The second-order valence-electron chi connectivity index (χ2n) is 7.61. The van der Waals surface area contributed by atoms with Crippen LogP contribution in [0.4, 0.5) is 10.5 Å². The fourth-order valence-corrected chi connectivity index (χ4v) is 4.55. The SMILES string of the molecule is CN(C)CCn1ccc(SNC(=O)Nc2c3c(cc4c2CCC4)CCC3)n1. The van der Waals surface area contributed by atoms with Crippen molar-refractivity contribution in [1.29, 1.82) is 0 Å². The van der Waals surface area contributed by atoms with Crippen LogP contribution in [-0.2, 0) is 32.2 Å². The molecule has 0 atom stereocenters. The van der Waals surface area contributed by atoms with Crippen molar-refractivity contribution in [3.8, 4) is 0 Å². The number of hydrogen-bond donors (Lipinski definition) is 2. The number of amides is 2. The number of anilines is 1. The summed E-state index contributed by atoms with van der Waals surface area (Å²) in [4.78, 5) is 14.6. The Hall–Kier alpha value is -1.99. The van der Waals surface area contributed by atoms with Crippen molar-refractivity contribution in [2.45, 2.75) is 50.1 Å². The topological polar surface area (TPSA) is 62.2 Å². The minimum atomic E-state index is -0.169. The maximum Gasteiger partial charge on any atom is 0.329 e.